The Labute approximate surface area is 176 Å². The van der Waals surface area contributed by atoms with Crippen molar-refractivity contribution in [1.82, 2.24) is 9.78 Å². The molecule has 1 unspecified atom stereocenters. The fraction of sp³-hybridized carbons (Fsp3) is 0.368. The quantitative estimate of drug-likeness (QED) is 0.442. The summed E-state index contributed by atoms with van der Waals surface area (Å²) in [6, 6.07) is 6.44. The van der Waals surface area contributed by atoms with E-state index in [1.54, 1.807) is 10.7 Å². The van der Waals surface area contributed by atoms with Gasteiger partial charge in [-0.1, -0.05) is 12.1 Å². The number of non-ortho nitro benzene ring substituents is 1. The largest absolute Gasteiger partial charge is 0.466 e. The number of aromatic nitrogens is 2. The van der Waals surface area contributed by atoms with Gasteiger partial charge in [-0.25, -0.2) is 4.79 Å². The molecule has 1 fully saturated rings. The summed E-state index contributed by atoms with van der Waals surface area (Å²) < 4.78 is 7.01. The van der Waals surface area contributed by atoms with E-state index in [4.69, 9.17) is 9.84 Å². The van der Waals surface area contributed by atoms with Crippen molar-refractivity contribution >= 4 is 41.0 Å². The van der Waals surface area contributed by atoms with Gasteiger partial charge in [-0.3, -0.25) is 14.8 Å². The lowest BCUT2D eigenvalue weighted by Crippen LogP contribution is -2.24. The Bertz CT molecular complexity index is 1030. The third-order valence-electron chi connectivity index (χ3n) is 5.06. The summed E-state index contributed by atoms with van der Waals surface area (Å²) in [6.45, 7) is 1.81. The van der Waals surface area contributed by atoms with Gasteiger partial charge in [0.15, 0.2) is 0 Å². The predicted molar refractivity (Wildman–Crippen MR) is 114 cm³/mol. The normalized spacial score (nSPS) is 19.1. The Morgan fingerprint density at radius 2 is 2.10 bits per heavy atom. The summed E-state index contributed by atoms with van der Waals surface area (Å²) in [6.07, 6.45) is 0. The molecule has 0 spiro atoms. The van der Waals surface area contributed by atoms with Crippen molar-refractivity contribution in [2.45, 2.75) is 17.4 Å². The third-order valence-corrected chi connectivity index (χ3v) is 8.07. The van der Waals surface area contributed by atoms with E-state index in [-0.39, 0.29) is 10.3 Å². The molecule has 4 rings (SSSR count). The van der Waals surface area contributed by atoms with Gasteiger partial charge < -0.3 is 10.1 Å². The van der Waals surface area contributed by atoms with Crippen molar-refractivity contribution in [3.63, 3.8) is 0 Å². The van der Waals surface area contributed by atoms with Crippen molar-refractivity contribution in [2.24, 2.45) is 7.05 Å². The first-order valence-electron chi connectivity index (χ1n) is 9.02. The standard InChI is InChI=1S/C19H20N4O4S2/c1-10-13(18(24)27-3)14(11-5-4-6-12(9-11)23(25)26)15-16(19-28-7-8-29-19)21-22(2)17(15)20-10/h4-6,9,14,19-20H,7-8H2,1-3H3. The van der Waals surface area contributed by atoms with Crippen LogP contribution in [0, 0.1) is 10.1 Å². The third kappa shape index (κ3) is 3.40. The summed E-state index contributed by atoms with van der Waals surface area (Å²) in [5.74, 6) is 1.92. The molecule has 152 valence electrons. The lowest BCUT2D eigenvalue weighted by atomic mass is 9.81. The first-order valence-corrected chi connectivity index (χ1v) is 11.1. The second kappa shape index (κ2) is 7.75. The molecule has 3 heterocycles. The van der Waals surface area contributed by atoms with Gasteiger partial charge in [0.2, 0.25) is 0 Å². The van der Waals surface area contributed by atoms with Crippen LogP contribution < -0.4 is 5.32 Å². The van der Waals surface area contributed by atoms with Crippen LogP contribution in [0.1, 0.15) is 34.2 Å². The minimum Gasteiger partial charge on any atom is -0.466 e. The SMILES string of the molecule is COC(=O)C1=C(C)Nc2c(c(C3SCCS3)nn2C)C1c1cccc([N+](=O)[O-])c1. The average molecular weight is 433 g/mol. The second-order valence-electron chi connectivity index (χ2n) is 6.79. The van der Waals surface area contributed by atoms with Crippen molar-refractivity contribution in [3.8, 4) is 0 Å². The van der Waals surface area contributed by atoms with Gasteiger partial charge >= 0.3 is 5.97 Å². The van der Waals surface area contributed by atoms with E-state index in [9.17, 15) is 14.9 Å². The number of carbonyl (C=O) groups is 1. The Morgan fingerprint density at radius 3 is 2.76 bits per heavy atom. The maximum Gasteiger partial charge on any atom is 0.336 e. The molecule has 8 nitrogen and oxygen atoms in total. The van der Waals surface area contributed by atoms with Crippen LogP contribution in [-0.2, 0) is 16.6 Å². The van der Waals surface area contributed by atoms with Crippen LogP contribution >= 0.6 is 23.5 Å². The number of esters is 1. The smallest absolute Gasteiger partial charge is 0.336 e. The van der Waals surface area contributed by atoms with Gasteiger partial charge in [-0.15, -0.1) is 23.5 Å². The van der Waals surface area contributed by atoms with Crippen LogP contribution in [0.25, 0.3) is 0 Å². The van der Waals surface area contributed by atoms with Crippen LogP contribution in [0.2, 0.25) is 0 Å². The Kier molecular flexibility index (Phi) is 5.30. The molecule has 2 aliphatic heterocycles. The number of anilines is 1. The number of methoxy groups -OCH3 is 1. The topological polar surface area (TPSA) is 99.3 Å². The van der Waals surface area contributed by atoms with Crippen LogP contribution in [-0.4, -0.2) is 39.3 Å². The van der Waals surface area contributed by atoms with Gasteiger partial charge in [-0.05, 0) is 12.5 Å². The van der Waals surface area contributed by atoms with E-state index in [1.807, 2.05) is 43.6 Å². The molecule has 0 bridgehead atoms. The van der Waals surface area contributed by atoms with E-state index in [2.05, 4.69) is 5.32 Å². The van der Waals surface area contributed by atoms with Gasteiger partial charge in [0.05, 0.1) is 27.9 Å². The number of fused-ring (bicyclic) bond motifs is 1. The first kappa shape index (κ1) is 19.8. The first-order chi connectivity index (χ1) is 13.9. The molecule has 0 amide bonds. The zero-order valence-electron chi connectivity index (χ0n) is 16.2. The number of aryl methyl sites for hydroxylation is 1. The molecular weight excluding hydrogens is 412 g/mol. The molecule has 0 aliphatic carbocycles. The summed E-state index contributed by atoms with van der Waals surface area (Å²) in [5, 5.41) is 19.4. The van der Waals surface area contributed by atoms with E-state index in [0.29, 0.717) is 16.8 Å². The van der Waals surface area contributed by atoms with Gasteiger partial charge in [0.25, 0.3) is 5.69 Å². The number of carbonyl (C=O) groups excluding carboxylic acids is 1. The summed E-state index contributed by atoms with van der Waals surface area (Å²) >= 11 is 3.64. The predicted octanol–water partition coefficient (Wildman–Crippen LogP) is 3.81. The Balaban J connectivity index is 1.96. The fourth-order valence-electron chi connectivity index (χ4n) is 3.82. The number of benzene rings is 1. The highest BCUT2D eigenvalue weighted by molar-refractivity contribution is 8.19. The number of rotatable bonds is 4. The number of thioether (sulfide) groups is 2. The Morgan fingerprint density at radius 1 is 1.38 bits per heavy atom. The van der Waals surface area contributed by atoms with Gasteiger partial charge in [-0.2, -0.15) is 5.10 Å². The lowest BCUT2D eigenvalue weighted by Gasteiger charge is -2.29. The highest BCUT2D eigenvalue weighted by atomic mass is 32.2. The summed E-state index contributed by atoms with van der Waals surface area (Å²) in [7, 11) is 3.20. The van der Waals surface area contributed by atoms with E-state index in [1.165, 1.54) is 19.2 Å². The molecule has 1 N–H and O–H groups in total. The van der Waals surface area contributed by atoms with Crippen molar-refractivity contribution in [2.75, 3.05) is 23.9 Å². The number of nitro benzene ring substituents is 1. The minimum atomic E-state index is -0.496. The highest BCUT2D eigenvalue weighted by Crippen LogP contribution is 2.52. The maximum atomic E-state index is 12.7. The van der Waals surface area contributed by atoms with Gasteiger partial charge in [0, 0.05) is 47.9 Å². The van der Waals surface area contributed by atoms with E-state index >= 15 is 0 Å². The van der Waals surface area contributed by atoms with Crippen molar-refractivity contribution in [1.29, 1.82) is 0 Å². The number of allylic oxidation sites excluding steroid dienone is 1. The maximum absolute atomic E-state index is 12.7. The zero-order valence-corrected chi connectivity index (χ0v) is 17.8. The molecule has 2 aromatic rings. The van der Waals surface area contributed by atoms with E-state index < -0.39 is 16.8 Å². The zero-order chi connectivity index (χ0) is 20.7. The second-order valence-corrected chi connectivity index (χ2v) is 9.51. The number of hydrogen-bond acceptors (Lipinski definition) is 8. The van der Waals surface area contributed by atoms with Crippen LogP contribution in [0.3, 0.4) is 0 Å². The van der Waals surface area contributed by atoms with Gasteiger partial charge in [0.1, 0.15) is 5.82 Å². The lowest BCUT2D eigenvalue weighted by molar-refractivity contribution is -0.384. The van der Waals surface area contributed by atoms with E-state index in [0.717, 1.165) is 28.6 Å². The highest BCUT2D eigenvalue weighted by Gasteiger charge is 2.40. The molecule has 1 aromatic heterocycles. The molecule has 29 heavy (non-hydrogen) atoms. The number of nitrogens with zero attached hydrogens (tertiary/aromatic N) is 3. The molecule has 1 atom stereocenters. The molecule has 0 radical (unpaired) electrons. The Hall–Kier alpha value is -2.46. The molecule has 2 aliphatic rings. The van der Waals surface area contributed by atoms with Crippen LogP contribution in [0.15, 0.2) is 35.5 Å². The fourth-order valence-corrected chi connectivity index (χ4v) is 6.65. The summed E-state index contributed by atoms with van der Waals surface area (Å²) in [5.41, 5.74) is 3.53. The number of hydrogen-bond donors (Lipinski definition) is 1. The van der Waals surface area contributed by atoms with Crippen molar-refractivity contribution < 1.29 is 14.5 Å². The van der Waals surface area contributed by atoms with Crippen LogP contribution in [0.5, 0.6) is 0 Å². The molecule has 0 saturated carbocycles. The monoisotopic (exact) mass is 432 g/mol. The number of nitrogens with one attached hydrogen (secondary N) is 1. The summed E-state index contributed by atoms with van der Waals surface area (Å²) in [4.78, 5) is 23.7. The number of ether oxygens (including phenoxy) is 1. The molecule has 1 saturated heterocycles. The molecule has 10 heteroatoms. The average Bonchev–Trinajstić information content (AvgIpc) is 3.35. The molecular formula is C19H20N4O4S2. The minimum absolute atomic E-state index is 0.0143. The van der Waals surface area contributed by atoms with Crippen molar-refractivity contribution in [3.05, 3.63) is 62.5 Å². The number of nitro groups is 1. The van der Waals surface area contributed by atoms with Crippen LogP contribution in [0.4, 0.5) is 11.5 Å². The molecule has 1 aromatic carbocycles.